The van der Waals surface area contributed by atoms with Gasteiger partial charge < -0.3 is 15.5 Å². The maximum atomic E-state index is 11.6. The first-order chi connectivity index (χ1) is 7.82. The molecule has 1 heterocycles. The largest absolute Gasteiger partial charge is 0.480 e. The number of nitrogens with zero attached hydrogens (tertiary/aromatic N) is 2. The highest BCUT2D eigenvalue weighted by Gasteiger charge is 2.23. The average molecular weight is 241 g/mol. The summed E-state index contributed by atoms with van der Waals surface area (Å²) in [6.45, 7) is 1.27. The van der Waals surface area contributed by atoms with Crippen LogP contribution < -0.4 is 5.32 Å². The number of rotatable bonds is 4. The fourth-order valence-electron chi connectivity index (χ4n) is 1.14. The van der Waals surface area contributed by atoms with Gasteiger partial charge in [0.2, 0.25) is 0 Å². The third kappa shape index (κ3) is 2.80. The number of aryl methyl sites for hydroxylation is 1. The van der Waals surface area contributed by atoms with Crippen LogP contribution in [0.25, 0.3) is 0 Å². The highest BCUT2D eigenvalue weighted by Crippen LogP contribution is 2.06. The standard InChI is InChI=1S/C9H11N3O5/c1-4(8(14)15)10-7(13)6-5(9(16)17)3-12(2)11-6/h3-4H,1-2H3,(H,10,13)(H,14,15)(H,16,17)/t4-/m1/s1. The molecular formula is C9H11N3O5. The average Bonchev–Trinajstić information content (AvgIpc) is 2.60. The highest BCUT2D eigenvalue weighted by atomic mass is 16.4. The number of carbonyl (C=O) groups excluding carboxylic acids is 1. The number of nitrogens with one attached hydrogen (secondary N) is 1. The first kappa shape index (κ1) is 12.7. The zero-order chi connectivity index (χ0) is 13.2. The molecule has 92 valence electrons. The maximum Gasteiger partial charge on any atom is 0.339 e. The summed E-state index contributed by atoms with van der Waals surface area (Å²) < 4.78 is 1.17. The van der Waals surface area contributed by atoms with Crippen molar-refractivity contribution in [1.29, 1.82) is 0 Å². The van der Waals surface area contributed by atoms with E-state index in [9.17, 15) is 14.4 Å². The number of aromatic carboxylic acids is 1. The van der Waals surface area contributed by atoms with Crippen molar-refractivity contribution in [2.24, 2.45) is 7.05 Å². The van der Waals surface area contributed by atoms with Gasteiger partial charge in [-0.3, -0.25) is 14.3 Å². The lowest BCUT2D eigenvalue weighted by atomic mass is 10.2. The zero-order valence-electron chi connectivity index (χ0n) is 9.17. The van der Waals surface area contributed by atoms with Crippen LogP contribution in [0, 0.1) is 0 Å². The molecule has 1 atom stereocenters. The highest BCUT2D eigenvalue weighted by molar-refractivity contribution is 6.04. The molecule has 0 saturated heterocycles. The van der Waals surface area contributed by atoms with Gasteiger partial charge in [0.1, 0.15) is 11.6 Å². The summed E-state index contributed by atoms with van der Waals surface area (Å²) in [4.78, 5) is 32.9. The van der Waals surface area contributed by atoms with Gasteiger partial charge in [-0.2, -0.15) is 5.10 Å². The van der Waals surface area contributed by atoms with Crippen LogP contribution in [0.3, 0.4) is 0 Å². The maximum absolute atomic E-state index is 11.6. The van der Waals surface area contributed by atoms with Gasteiger partial charge in [-0.25, -0.2) is 4.79 Å². The topological polar surface area (TPSA) is 122 Å². The Morgan fingerprint density at radius 3 is 2.47 bits per heavy atom. The van der Waals surface area contributed by atoms with Gasteiger partial charge in [0.15, 0.2) is 5.69 Å². The Balaban J connectivity index is 2.96. The Hall–Kier alpha value is -2.38. The Morgan fingerprint density at radius 2 is 2.00 bits per heavy atom. The molecular weight excluding hydrogens is 230 g/mol. The summed E-state index contributed by atoms with van der Waals surface area (Å²) in [5.41, 5.74) is -0.587. The van der Waals surface area contributed by atoms with E-state index in [1.807, 2.05) is 0 Å². The molecule has 0 saturated carbocycles. The molecule has 0 aliphatic carbocycles. The number of aliphatic carboxylic acids is 1. The van der Waals surface area contributed by atoms with E-state index in [4.69, 9.17) is 10.2 Å². The summed E-state index contributed by atoms with van der Waals surface area (Å²) in [6, 6.07) is -1.12. The van der Waals surface area contributed by atoms with Crippen molar-refractivity contribution in [2.45, 2.75) is 13.0 Å². The van der Waals surface area contributed by atoms with E-state index in [-0.39, 0.29) is 11.3 Å². The molecule has 0 radical (unpaired) electrons. The molecule has 3 N–H and O–H groups in total. The summed E-state index contributed by atoms with van der Waals surface area (Å²) in [7, 11) is 1.46. The van der Waals surface area contributed by atoms with Gasteiger partial charge in [-0.05, 0) is 6.92 Å². The second-order valence-electron chi connectivity index (χ2n) is 3.40. The molecule has 17 heavy (non-hydrogen) atoms. The molecule has 0 fully saturated rings. The van der Waals surface area contributed by atoms with Crippen molar-refractivity contribution in [3.8, 4) is 0 Å². The number of carboxylic acids is 2. The molecule has 8 nitrogen and oxygen atoms in total. The monoisotopic (exact) mass is 241 g/mol. The fourth-order valence-corrected chi connectivity index (χ4v) is 1.14. The van der Waals surface area contributed by atoms with Gasteiger partial charge >= 0.3 is 11.9 Å². The van der Waals surface area contributed by atoms with E-state index in [2.05, 4.69) is 10.4 Å². The molecule has 0 aliphatic heterocycles. The fraction of sp³-hybridized carbons (Fsp3) is 0.333. The van der Waals surface area contributed by atoms with E-state index in [0.29, 0.717) is 0 Å². The normalized spacial score (nSPS) is 11.9. The minimum atomic E-state index is -1.30. The lowest BCUT2D eigenvalue weighted by molar-refractivity contribution is -0.138. The number of aromatic nitrogens is 2. The van der Waals surface area contributed by atoms with Gasteiger partial charge in [0.05, 0.1) is 0 Å². The van der Waals surface area contributed by atoms with E-state index in [0.717, 1.165) is 0 Å². The molecule has 0 aliphatic rings. The van der Waals surface area contributed by atoms with Gasteiger partial charge in [0.25, 0.3) is 5.91 Å². The predicted octanol–water partition coefficient (Wildman–Crippen LogP) is -0.679. The van der Waals surface area contributed by atoms with E-state index in [1.165, 1.54) is 24.9 Å². The minimum absolute atomic E-state index is 0.275. The first-order valence-electron chi connectivity index (χ1n) is 4.63. The van der Waals surface area contributed by atoms with Crippen molar-refractivity contribution in [1.82, 2.24) is 15.1 Å². The SMILES string of the molecule is C[C@@H](NC(=O)c1nn(C)cc1C(=O)O)C(=O)O. The second kappa shape index (κ2) is 4.64. The van der Waals surface area contributed by atoms with Crippen molar-refractivity contribution < 1.29 is 24.6 Å². The van der Waals surface area contributed by atoms with Crippen LogP contribution in [0.15, 0.2) is 6.20 Å². The van der Waals surface area contributed by atoms with Gasteiger partial charge in [-0.15, -0.1) is 0 Å². The van der Waals surface area contributed by atoms with Crippen molar-refractivity contribution >= 4 is 17.8 Å². The van der Waals surface area contributed by atoms with Crippen LogP contribution in [0.1, 0.15) is 27.8 Å². The third-order valence-corrected chi connectivity index (χ3v) is 1.99. The number of hydrogen-bond donors (Lipinski definition) is 3. The molecule has 1 aromatic rings. The summed E-state index contributed by atoms with van der Waals surface area (Å²) in [5, 5.41) is 23.2. The predicted molar refractivity (Wildman–Crippen MR) is 54.7 cm³/mol. The Morgan fingerprint density at radius 1 is 1.41 bits per heavy atom. The lowest BCUT2D eigenvalue weighted by Crippen LogP contribution is -2.39. The Labute approximate surface area is 95.9 Å². The number of hydrogen-bond acceptors (Lipinski definition) is 4. The van der Waals surface area contributed by atoms with Crippen LogP contribution in [0.5, 0.6) is 0 Å². The van der Waals surface area contributed by atoms with Gasteiger partial charge in [-0.1, -0.05) is 0 Å². The summed E-state index contributed by atoms with van der Waals surface area (Å²) in [5.74, 6) is -3.35. The van der Waals surface area contributed by atoms with Crippen molar-refractivity contribution in [3.05, 3.63) is 17.5 Å². The molecule has 1 amide bonds. The van der Waals surface area contributed by atoms with Crippen LogP contribution in [0.4, 0.5) is 0 Å². The Bertz CT molecular complexity index is 479. The Kier molecular flexibility index (Phi) is 3.46. The number of carboxylic acid groups (broad SMARTS) is 2. The summed E-state index contributed by atoms with van der Waals surface area (Å²) in [6.07, 6.45) is 1.17. The number of carbonyl (C=O) groups is 3. The van der Waals surface area contributed by atoms with Crippen LogP contribution >= 0.6 is 0 Å². The lowest BCUT2D eigenvalue weighted by Gasteiger charge is -2.07. The molecule has 0 spiro atoms. The van der Waals surface area contributed by atoms with Gasteiger partial charge in [0, 0.05) is 13.2 Å². The van der Waals surface area contributed by atoms with Crippen molar-refractivity contribution in [3.63, 3.8) is 0 Å². The van der Waals surface area contributed by atoms with Crippen LogP contribution in [-0.4, -0.2) is 43.9 Å². The summed E-state index contributed by atoms with van der Waals surface area (Å²) >= 11 is 0. The third-order valence-electron chi connectivity index (χ3n) is 1.99. The second-order valence-corrected chi connectivity index (χ2v) is 3.40. The molecule has 0 aromatic carbocycles. The molecule has 0 bridgehead atoms. The van der Waals surface area contributed by atoms with Crippen molar-refractivity contribution in [2.75, 3.05) is 0 Å². The van der Waals surface area contributed by atoms with E-state index >= 15 is 0 Å². The molecule has 8 heteroatoms. The minimum Gasteiger partial charge on any atom is -0.480 e. The first-order valence-corrected chi connectivity index (χ1v) is 4.63. The van der Waals surface area contributed by atoms with Crippen LogP contribution in [0.2, 0.25) is 0 Å². The van der Waals surface area contributed by atoms with E-state index in [1.54, 1.807) is 0 Å². The zero-order valence-corrected chi connectivity index (χ0v) is 9.17. The number of amides is 1. The quantitative estimate of drug-likeness (QED) is 0.642. The van der Waals surface area contributed by atoms with Crippen LogP contribution in [-0.2, 0) is 11.8 Å². The molecule has 1 rings (SSSR count). The smallest absolute Gasteiger partial charge is 0.339 e. The van der Waals surface area contributed by atoms with E-state index < -0.39 is 23.9 Å². The molecule has 1 aromatic heterocycles. The molecule has 0 unspecified atom stereocenters.